The maximum Gasteiger partial charge on any atom is 0.311 e. The van der Waals surface area contributed by atoms with Crippen LogP contribution in [0.3, 0.4) is 0 Å². The van der Waals surface area contributed by atoms with Crippen molar-refractivity contribution in [1.82, 2.24) is 20.0 Å². The third-order valence-electron chi connectivity index (χ3n) is 4.03. The summed E-state index contributed by atoms with van der Waals surface area (Å²) in [4.78, 5) is 16.6. The Balaban J connectivity index is 1.54. The second-order valence-corrected chi connectivity index (χ2v) is 6.15. The molecule has 1 aliphatic rings. The van der Waals surface area contributed by atoms with Gasteiger partial charge < -0.3 is 9.32 Å². The first-order valence-corrected chi connectivity index (χ1v) is 8.02. The van der Waals surface area contributed by atoms with E-state index in [9.17, 15) is 4.79 Å². The zero-order valence-corrected chi connectivity index (χ0v) is 13.6. The number of nitrogens with zero attached hydrogens (tertiary/aromatic N) is 4. The highest BCUT2D eigenvalue weighted by Gasteiger charge is 2.26. The average molecular weight is 314 g/mol. The Hall–Kier alpha value is -2.21. The molecule has 2 aromatic rings. The predicted molar refractivity (Wildman–Crippen MR) is 86.0 cm³/mol. The number of carbonyl (C=O) groups excluding carboxylic acids is 1. The Kier molecular flexibility index (Phi) is 4.71. The quantitative estimate of drug-likeness (QED) is 0.865. The molecule has 23 heavy (non-hydrogen) atoms. The minimum atomic E-state index is -0.163. The van der Waals surface area contributed by atoms with Crippen LogP contribution >= 0.6 is 0 Å². The highest BCUT2D eigenvalue weighted by Crippen LogP contribution is 2.15. The van der Waals surface area contributed by atoms with Crippen LogP contribution in [0.25, 0.3) is 0 Å². The van der Waals surface area contributed by atoms with Gasteiger partial charge in [0.2, 0.25) is 5.89 Å². The molecule has 122 valence electrons. The fraction of sp³-hybridized carbons (Fsp3) is 0.471. The lowest BCUT2D eigenvalue weighted by Gasteiger charge is -2.34. The van der Waals surface area contributed by atoms with Crippen molar-refractivity contribution >= 4 is 5.91 Å². The van der Waals surface area contributed by atoms with Crippen LogP contribution in [0.4, 0.5) is 0 Å². The van der Waals surface area contributed by atoms with E-state index >= 15 is 0 Å². The fourth-order valence-electron chi connectivity index (χ4n) is 2.64. The lowest BCUT2D eigenvalue weighted by molar-refractivity contribution is 0.0588. The molecule has 1 saturated heterocycles. The van der Waals surface area contributed by atoms with Gasteiger partial charge in [-0.3, -0.25) is 9.69 Å². The van der Waals surface area contributed by atoms with Crippen molar-refractivity contribution in [1.29, 1.82) is 0 Å². The third-order valence-corrected chi connectivity index (χ3v) is 4.03. The van der Waals surface area contributed by atoms with Crippen LogP contribution in [0.5, 0.6) is 0 Å². The number of benzene rings is 1. The van der Waals surface area contributed by atoms with E-state index in [4.69, 9.17) is 4.42 Å². The molecule has 0 spiro atoms. The van der Waals surface area contributed by atoms with Gasteiger partial charge in [0.15, 0.2) is 0 Å². The molecule has 0 radical (unpaired) electrons. The average Bonchev–Trinajstić information content (AvgIpc) is 3.06. The predicted octanol–water partition coefficient (Wildman–Crippen LogP) is 2.15. The second kappa shape index (κ2) is 6.91. The molecule has 3 rings (SSSR count). The summed E-state index contributed by atoms with van der Waals surface area (Å²) in [6, 6.07) is 10.4. The van der Waals surface area contributed by atoms with E-state index in [1.807, 2.05) is 19.9 Å². The van der Waals surface area contributed by atoms with Crippen molar-refractivity contribution in [2.24, 2.45) is 0 Å². The Morgan fingerprint density at radius 2 is 1.83 bits per heavy atom. The van der Waals surface area contributed by atoms with Crippen LogP contribution in [-0.2, 0) is 6.54 Å². The van der Waals surface area contributed by atoms with Crippen LogP contribution < -0.4 is 0 Å². The molecule has 6 nitrogen and oxygen atoms in total. The van der Waals surface area contributed by atoms with Crippen molar-refractivity contribution in [3.05, 3.63) is 47.7 Å². The van der Waals surface area contributed by atoms with E-state index in [0.717, 1.165) is 19.6 Å². The van der Waals surface area contributed by atoms with E-state index < -0.39 is 0 Å². The van der Waals surface area contributed by atoms with Gasteiger partial charge in [-0.2, -0.15) is 0 Å². The molecule has 1 aromatic carbocycles. The first-order chi connectivity index (χ1) is 11.1. The molecule has 0 bridgehead atoms. The van der Waals surface area contributed by atoms with Gasteiger partial charge in [-0.25, -0.2) is 0 Å². The first kappa shape index (κ1) is 15.7. The number of aromatic nitrogens is 2. The number of carbonyl (C=O) groups is 1. The summed E-state index contributed by atoms with van der Waals surface area (Å²) >= 11 is 0. The molecule has 0 aliphatic carbocycles. The van der Waals surface area contributed by atoms with Gasteiger partial charge in [-0.15, -0.1) is 10.2 Å². The number of amides is 1. The lowest BCUT2D eigenvalue weighted by Crippen LogP contribution is -2.48. The normalized spacial score (nSPS) is 16.0. The van der Waals surface area contributed by atoms with Gasteiger partial charge in [0.1, 0.15) is 0 Å². The Bertz CT molecular complexity index is 646. The summed E-state index contributed by atoms with van der Waals surface area (Å²) < 4.78 is 5.46. The molecule has 1 amide bonds. The summed E-state index contributed by atoms with van der Waals surface area (Å²) in [5.41, 5.74) is 1.30. The Morgan fingerprint density at radius 3 is 2.43 bits per heavy atom. The summed E-state index contributed by atoms with van der Waals surface area (Å²) in [5, 5.41) is 7.81. The van der Waals surface area contributed by atoms with Gasteiger partial charge in [0.25, 0.3) is 0 Å². The van der Waals surface area contributed by atoms with Gasteiger partial charge in [0.05, 0.1) is 0 Å². The van der Waals surface area contributed by atoms with E-state index in [0.29, 0.717) is 19.0 Å². The smallest absolute Gasteiger partial charge is 0.311 e. The highest BCUT2D eigenvalue weighted by atomic mass is 16.4. The van der Waals surface area contributed by atoms with Crippen LogP contribution in [0.2, 0.25) is 0 Å². The highest BCUT2D eigenvalue weighted by molar-refractivity contribution is 5.89. The number of hydrogen-bond acceptors (Lipinski definition) is 5. The van der Waals surface area contributed by atoms with Crippen LogP contribution in [0, 0.1) is 0 Å². The molecule has 0 atom stereocenters. The summed E-state index contributed by atoms with van der Waals surface area (Å²) in [5.74, 6) is 0.580. The number of rotatable bonds is 4. The monoisotopic (exact) mass is 314 g/mol. The zero-order valence-electron chi connectivity index (χ0n) is 13.6. The topological polar surface area (TPSA) is 62.5 Å². The van der Waals surface area contributed by atoms with Crippen molar-refractivity contribution in [2.45, 2.75) is 26.3 Å². The largest absolute Gasteiger partial charge is 0.417 e. The van der Waals surface area contributed by atoms with Gasteiger partial charge in [-0.05, 0) is 5.56 Å². The first-order valence-electron chi connectivity index (χ1n) is 8.02. The fourth-order valence-corrected chi connectivity index (χ4v) is 2.64. The molecule has 0 N–H and O–H groups in total. The third kappa shape index (κ3) is 3.76. The lowest BCUT2D eigenvalue weighted by atomic mass is 10.2. The van der Waals surface area contributed by atoms with Crippen LogP contribution in [-0.4, -0.2) is 52.1 Å². The second-order valence-electron chi connectivity index (χ2n) is 6.15. The molecule has 0 saturated carbocycles. The molecule has 2 heterocycles. The zero-order chi connectivity index (χ0) is 16.2. The number of piperazine rings is 1. The van der Waals surface area contributed by atoms with E-state index in [1.165, 1.54) is 5.56 Å². The molecule has 1 aliphatic heterocycles. The maximum atomic E-state index is 12.4. The Morgan fingerprint density at radius 1 is 1.13 bits per heavy atom. The standard InChI is InChI=1S/C17H22N4O2/c1-13(2)15-18-19-16(23-15)17(22)21-10-8-20(9-11-21)12-14-6-4-3-5-7-14/h3-7,13H,8-12H2,1-2H3. The molecule has 1 fully saturated rings. The van der Waals surface area contributed by atoms with E-state index in [2.05, 4.69) is 39.4 Å². The molecule has 0 unspecified atom stereocenters. The maximum absolute atomic E-state index is 12.4. The van der Waals surface area contributed by atoms with E-state index in [1.54, 1.807) is 4.90 Å². The van der Waals surface area contributed by atoms with Crippen LogP contribution in [0.15, 0.2) is 34.7 Å². The van der Waals surface area contributed by atoms with Gasteiger partial charge in [0, 0.05) is 38.6 Å². The van der Waals surface area contributed by atoms with Crippen LogP contribution in [0.1, 0.15) is 41.9 Å². The summed E-state index contributed by atoms with van der Waals surface area (Å²) in [7, 11) is 0. The minimum Gasteiger partial charge on any atom is -0.417 e. The molecule has 6 heteroatoms. The molecular formula is C17H22N4O2. The summed E-state index contributed by atoms with van der Waals surface area (Å²) in [6.45, 7) is 7.92. The van der Waals surface area contributed by atoms with Crippen molar-refractivity contribution < 1.29 is 9.21 Å². The molecule has 1 aromatic heterocycles. The van der Waals surface area contributed by atoms with Crippen molar-refractivity contribution in [3.8, 4) is 0 Å². The molecular weight excluding hydrogens is 292 g/mol. The Labute approximate surface area is 136 Å². The SMILES string of the molecule is CC(C)c1nnc(C(=O)N2CCN(Cc3ccccc3)CC2)o1. The minimum absolute atomic E-state index is 0.102. The van der Waals surface area contributed by atoms with Crippen molar-refractivity contribution in [2.75, 3.05) is 26.2 Å². The summed E-state index contributed by atoms with van der Waals surface area (Å²) in [6.07, 6.45) is 0. The van der Waals surface area contributed by atoms with Crippen molar-refractivity contribution in [3.63, 3.8) is 0 Å². The van der Waals surface area contributed by atoms with Gasteiger partial charge >= 0.3 is 11.8 Å². The van der Waals surface area contributed by atoms with E-state index in [-0.39, 0.29) is 17.7 Å². The van der Waals surface area contributed by atoms with Gasteiger partial charge in [-0.1, -0.05) is 44.2 Å². The number of hydrogen-bond donors (Lipinski definition) is 0.